The number of likely N-dealkylation sites (N-methyl/N-ethyl adjacent to an activating group) is 1. The lowest BCUT2D eigenvalue weighted by molar-refractivity contribution is -0.133. The van der Waals surface area contributed by atoms with Crippen LogP contribution in [-0.4, -0.2) is 48.7 Å². The Morgan fingerprint density at radius 1 is 1.44 bits per heavy atom. The molecule has 1 aliphatic rings. The van der Waals surface area contributed by atoms with E-state index in [4.69, 9.17) is 5.11 Å². The Balaban J connectivity index is 2.27. The normalized spacial score (nSPS) is 20.4. The first-order valence-electron chi connectivity index (χ1n) is 6.01. The van der Waals surface area contributed by atoms with E-state index >= 15 is 0 Å². The number of amides is 1. The molecule has 0 spiro atoms. The predicted molar refractivity (Wildman–Crippen MR) is 66.9 cm³/mol. The van der Waals surface area contributed by atoms with Gasteiger partial charge in [0, 0.05) is 32.4 Å². The van der Waals surface area contributed by atoms with Gasteiger partial charge in [-0.25, -0.2) is 4.39 Å². The summed E-state index contributed by atoms with van der Waals surface area (Å²) in [6.45, 7) is 1.20. The molecule has 5 heteroatoms. The van der Waals surface area contributed by atoms with Crippen LogP contribution in [-0.2, 0) is 4.79 Å². The molecule has 98 valence electrons. The van der Waals surface area contributed by atoms with Gasteiger partial charge in [-0.05, 0) is 24.6 Å². The predicted octanol–water partition coefficient (Wildman–Crippen LogP) is 0.855. The standard InChI is InChI=1S/C13H17FN2O2/c1-15-6-7-16(12(5-8-17)13(15)18)11-4-2-3-10(14)9-11/h2-4,9,12,17H,5-8H2,1H3. The summed E-state index contributed by atoms with van der Waals surface area (Å²) in [4.78, 5) is 15.6. The molecule has 4 nitrogen and oxygen atoms in total. The van der Waals surface area contributed by atoms with Gasteiger partial charge in [0.2, 0.25) is 5.91 Å². The van der Waals surface area contributed by atoms with Crippen molar-refractivity contribution in [2.24, 2.45) is 0 Å². The minimum Gasteiger partial charge on any atom is -0.396 e. The summed E-state index contributed by atoms with van der Waals surface area (Å²) in [6, 6.07) is 5.80. The topological polar surface area (TPSA) is 43.8 Å². The van der Waals surface area contributed by atoms with Crippen molar-refractivity contribution >= 4 is 11.6 Å². The van der Waals surface area contributed by atoms with Crippen LogP contribution in [0.15, 0.2) is 24.3 Å². The van der Waals surface area contributed by atoms with Crippen LogP contribution >= 0.6 is 0 Å². The Morgan fingerprint density at radius 2 is 2.22 bits per heavy atom. The molecule has 1 amide bonds. The molecule has 1 N–H and O–H groups in total. The van der Waals surface area contributed by atoms with Crippen LogP contribution in [0, 0.1) is 5.82 Å². The van der Waals surface area contributed by atoms with E-state index < -0.39 is 6.04 Å². The highest BCUT2D eigenvalue weighted by Crippen LogP contribution is 2.23. The van der Waals surface area contributed by atoms with E-state index in [0.717, 1.165) is 0 Å². The number of carbonyl (C=O) groups excluding carboxylic acids is 1. The zero-order chi connectivity index (χ0) is 13.1. The maximum atomic E-state index is 13.2. The van der Waals surface area contributed by atoms with Crippen LogP contribution in [0.3, 0.4) is 0 Å². The molecule has 0 bridgehead atoms. The Morgan fingerprint density at radius 3 is 2.89 bits per heavy atom. The van der Waals surface area contributed by atoms with Gasteiger partial charge in [-0.3, -0.25) is 4.79 Å². The lowest BCUT2D eigenvalue weighted by Gasteiger charge is -2.40. The second-order valence-corrected chi connectivity index (χ2v) is 4.46. The molecule has 0 aliphatic carbocycles. The lowest BCUT2D eigenvalue weighted by atomic mass is 10.1. The molecule has 0 saturated carbocycles. The fourth-order valence-electron chi connectivity index (χ4n) is 2.28. The summed E-state index contributed by atoms with van der Waals surface area (Å²) in [5.41, 5.74) is 0.690. The molecular weight excluding hydrogens is 235 g/mol. The second kappa shape index (κ2) is 5.35. The maximum absolute atomic E-state index is 13.2. The Kier molecular flexibility index (Phi) is 3.81. The second-order valence-electron chi connectivity index (χ2n) is 4.46. The van der Waals surface area contributed by atoms with Gasteiger partial charge in [-0.2, -0.15) is 0 Å². The Bertz CT molecular complexity index is 439. The van der Waals surface area contributed by atoms with E-state index in [1.807, 2.05) is 4.90 Å². The zero-order valence-electron chi connectivity index (χ0n) is 10.3. The van der Waals surface area contributed by atoms with Crippen LogP contribution < -0.4 is 4.90 Å². The van der Waals surface area contributed by atoms with Crippen LogP contribution in [0.4, 0.5) is 10.1 Å². The van der Waals surface area contributed by atoms with Crippen molar-refractivity contribution in [3.8, 4) is 0 Å². The molecule has 0 radical (unpaired) electrons. The number of aliphatic hydroxyl groups excluding tert-OH is 1. The summed E-state index contributed by atoms with van der Waals surface area (Å²) in [5, 5.41) is 9.07. The fraction of sp³-hybridized carbons (Fsp3) is 0.462. The van der Waals surface area contributed by atoms with Gasteiger partial charge < -0.3 is 14.9 Å². The van der Waals surface area contributed by atoms with Crippen molar-refractivity contribution in [3.05, 3.63) is 30.1 Å². The minimum atomic E-state index is -0.407. The largest absolute Gasteiger partial charge is 0.396 e. The lowest BCUT2D eigenvalue weighted by Crippen LogP contribution is -2.56. The summed E-state index contributed by atoms with van der Waals surface area (Å²) in [7, 11) is 1.75. The van der Waals surface area contributed by atoms with Gasteiger partial charge in [-0.15, -0.1) is 0 Å². The molecular formula is C13H17FN2O2. The van der Waals surface area contributed by atoms with Gasteiger partial charge in [0.25, 0.3) is 0 Å². The number of halogens is 1. The van der Waals surface area contributed by atoms with Crippen LogP contribution in [0.5, 0.6) is 0 Å². The first-order chi connectivity index (χ1) is 8.63. The SMILES string of the molecule is CN1CCN(c2cccc(F)c2)C(CCO)C1=O. The van der Waals surface area contributed by atoms with Crippen LogP contribution in [0.1, 0.15) is 6.42 Å². The smallest absolute Gasteiger partial charge is 0.245 e. The van der Waals surface area contributed by atoms with Gasteiger partial charge in [0.15, 0.2) is 0 Å². The van der Waals surface area contributed by atoms with Gasteiger partial charge in [0.1, 0.15) is 11.9 Å². The average Bonchev–Trinajstić information content (AvgIpc) is 2.35. The quantitative estimate of drug-likeness (QED) is 0.867. The molecule has 1 atom stereocenters. The molecule has 1 unspecified atom stereocenters. The number of piperazine rings is 1. The van der Waals surface area contributed by atoms with Crippen molar-refractivity contribution < 1.29 is 14.3 Å². The Hall–Kier alpha value is -1.62. The monoisotopic (exact) mass is 252 g/mol. The van der Waals surface area contributed by atoms with E-state index in [1.165, 1.54) is 12.1 Å². The molecule has 1 aliphatic heterocycles. The summed E-state index contributed by atoms with van der Waals surface area (Å²) in [6.07, 6.45) is 0.361. The number of carbonyl (C=O) groups is 1. The number of hydrogen-bond acceptors (Lipinski definition) is 3. The highest BCUT2D eigenvalue weighted by atomic mass is 19.1. The van der Waals surface area contributed by atoms with Gasteiger partial charge in [-0.1, -0.05) is 6.07 Å². The van der Waals surface area contributed by atoms with Crippen molar-refractivity contribution in [2.45, 2.75) is 12.5 Å². The highest BCUT2D eigenvalue weighted by Gasteiger charge is 2.32. The number of aliphatic hydroxyl groups is 1. The number of rotatable bonds is 3. The summed E-state index contributed by atoms with van der Waals surface area (Å²) >= 11 is 0. The number of anilines is 1. The molecule has 1 aromatic rings. The van der Waals surface area contributed by atoms with Crippen LogP contribution in [0.2, 0.25) is 0 Å². The van der Waals surface area contributed by atoms with Crippen molar-refractivity contribution in [3.63, 3.8) is 0 Å². The van der Waals surface area contributed by atoms with E-state index in [0.29, 0.717) is 25.2 Å². The van der Waals surface area contributed by atoms with E-state index in [2.05, 4.69) is 0 Å². The first kappa shape index (κ1) is 12.8. The average molecular weight is 252 g/mol. The fourth-order valence-corrected chi connectivity index (χ4v) is 2.28. The van der Waals surface area contributed by atoms with Crippen molar-refractivity contribution in [1.29, 1.82) is 0 Å². The van der Waals surface area contributed by atoms with Gasteiger partial charge >= 0.3 is 0 Å². The maximum Gasteiger partial charge on any atom is 0.245 e. The molecule has 1 fully saturated rings. The third kappa shape index (κ3) is 2.46. The molecule has 1 aromatic carbocycles. The minimum absolute atomic E-state index is 0.0282. The van der Waals surface area contributed by atoms with Gasteiger partial charge in [0.05, 0.1) is 0 Å². The van der Waals surface area contributed by atoms with E-state index in [-0.39, 0.29) is 18.3 Å². The molecule has 1 saturated heterocycles. The van der Waals surface area contributed by atoms with Crippen LogP contribution in [0.25, 0.3) is 0 Å². The molecule has 1 heterocycles. The third-order valence-electron chi connectivity index (χ3n) is 3.26. The first-order valence-corrected chi connectivity index (χ1v) is 6.01. The van der Waals surface area contributed by atoms with Crippen molar-refractivity contribution in [1.82, 2.24) is 4.90 Å². The van der Waals surface area contributed by atoms with Crippen molar-refractivity contribution in [2.75, 3.05) is 31.6 Å². The molecule has 0 aromatic heterocycles. The number of hydrogen-bond donors (Lipinski definition) is 1. The summed E-state index contributed by atoms with van der Waals surface area (Å²) < 4.78 is 13.2. The Labute approximate surface area is 106 Å². The zero-order valence-corrected chi connectivity index (χ0v) is 10.3. The molecule has 18 heavy (non-hydrogen) atoms. The van der Waals surface area contributed by atoms with E-state index in [1.54, 1.807) is 24.1 Å². The van der Waals surface area contributed by atoms with E-state index in [9.17, 15) is 9.18 Å². The number of nitrogens with zero attached hydrogens (tertiary/aromatic N) is 2. The number of benzene rings is 1. The molecule has 2 rings (SSSR count). The highest BCUT2D eigenvalue weighted by molar-refractivity contribution is 5.86. The third-order valence-corrected chi connectivity index (χ3v) is 3.26. The summed E-state index contributed by atoms with van der Waals surface area (Å²) in [5.74, 6) is -0.346.